The number of sulfonamides is 1. The molecule has 25 heavy (non-hydrogen) atoms. The molecule has 0 bridgehead atoms. The van der Waals surface area contributed by atoms with E-state index < -0.39 is 16.1 Å². The maximum Gasteiger partial charge on any atom is 0.246 e. The first-order chi connectivity index (χ1) is 11.7. The van der Waals surface area contributed by atoms with Crippen LogP contribution in [0.1, 0.15) is 6.92 Å². The lowest BCUT2D eigenvalue weighted by Gasteiger charge is -2.17. The normalized spacial score (nSPS) is 12.3. The largest absolute Gasteiger partial charge is 0.495 e. The van der Waals surface area contributed by atoms with Crippen molar-refractivity contribution in [3.63, 3.8) is 0 Å². The van der Waals surface area contributed by atoms with Gasteiger partial charge in [-0.2, -0.15) is 0 Å². The van der Waals surface area contributed by atoms with Crippen molar-refractivity contribution in [2.24, 2.45) is 5.14 Å². The zero-order valence-electron chi connectivity index (χ0n) is 13.6. The number of hydrogen-bond acceptors (Lipinski definition) is 5. The lowest BCUT2D eigenvalue weighted by atomic mass is 10.2. The Morgan fingerprint density at radius 2 is 1.84 bits per heavy atom. The van der Waals surface area contributed by atoms with E-state index in [2.05, 4.69) is 10.6 Å². The van der Waals surface area contributed by atoms with Crippen LogP contribution in [0, 0.1) is 0 Å². The Morgan fingerprint density at radius 3 is 2.40 bits per heavy atom. The second kappa shape index (κ2) is 7.73. The fraction of sp³-hybridized carbons (Fsp3) is 0.188. The van der Waals surface area contributed by atoms with Crippen LogP contribution < -0.4 is 20.5 Å². The molecular weight excluding hydrogens is 366 g/mol. The molecule has 1 unspecified atom stereocenters. The van der Waals surface area contributed by atoms with Gasteiger partial charge in [0.25, 0.3) is 0 Å². The average Bonchev–Trinajstić information content (AvgIpc) is 2.54. The highest BCUT2D eigenvalue weighted by molar-refractivity contribution is 7.89. The molecule has 0 saturated heterocycles. The molecule has 0 heterocycles. The van der Waals surface area contributed by atoms with Crippen molar-refractivity contribution in [3.8, 4) is 5.75 Å². The summed E-state index contributed by atoms with van der Waals surface area (Å²) in [5, 5.41) is 11.2. The van der Waals surface area contributed by atoms with Gasteiger partial charge in [0, 0.05) is 10.7 Å². The Morgan fingerprint density at radius 1 is 1.20 bits per heavy atom. The molecule has 1 amide bonds. The molecule has 7 nitrogen and oxygen atoms in total. The SMILES string of the molecule is COc1ccc(Cl)cc1NC(C)C(=O)Nc1ccc(S(N)(=O)=O)cc1. The van der Waals surface area contributed by atoms with E-state index >= 15 is 0 Å². The Bertz CT molecular complexity index is 869. The van der Waals surface area contributed by atoms with Gasteiger partial charge in [0.05, 0.1) is 17.7 Å². The van der Waals surface area contributed by atoms with Gasteiger partial charge in [-0.1, -0.05) is 11.6 Å². The molecule has 2 aromatic rings. The first kappa shape index (κ1) is 19.0. The number of carbonyl (C=O) groups excluding carboxylic acids is 1. The third kappa shape index (κ3) is 5.09. The van der Waals surface area contributed by atoms with Crippen LogP contribution in [0.4, 0.5) is 11.4 Å². The number of carbonyl (C=O) groups is 1. The summed E-state index contributed by atoms with van der Waals surface area (Å²) in [6.07, 6.45) is 0. The number of nitrogens with two attached hydrogens (primary N) is 1. The van der Waals surface area contributed by atoms with Crippen LogP contribution in [0.3, 0.4) is 0 Å². The molecule has 0 aliphatic rings. The van der Waals surface area contributed by atoms with E-state index in [0.717, 1.165) is 0 Å². The number of primary sulfonamides is 1. The second-order valence-electron chi connectivity index (χ2n) is 5.27. The topological polar surface area (TPSA) is 111 Å². The van der Waals surface area contributed by atoms with Crippen LogP contribution in [0.2, 0.25) is 5.02 Å². The Hall–Kier alpha value is -2.29. The lowest BCUT2D eigenvalue weighted by Crippen LogP contribution is -2.32. The molecule has 0 saturated carbocycles. The average molecular weight is 384 g/mol. The molecule has 2 rings (SSSR count). The zero-order chi connectivity index (χ0) is 18.6. The maximum atomic E-state index is 12.3. The van der Waals surface area contributed by atoms with Crippen molar-refractivity contribution in [1.29, 1.82) is 0 Å². The summed E-state index contributed by atoms with van der Waals surface area (Å²) >= 11 is 5.96. The quantitative estimate of drug-likeness (QED) is 0.709. The maximum absolute atomic E-state index is 12.3. The number of anilines is 2. The van der Waals surface area contributed by atoms with Crippen LogP contribution >= 0.6 is 11.6 Å². The van der Waals surface area contributed by atoms with Crippen molar-refractivity contribution in [2.45, 2.75) is 17.9 Å². The van der Waals surface area contributed by atoms with Crippen LogP contribution in [0.15, 0.2) is 47.4 Å². The Balaban J connectivity index is 2.07. The monoisotopic (exact) mass is 383 g/mol. The molecule has 0 radical (unpaired) electrons. The van der Waals surface area contributed by atoms with E-state index in [1.54, 1.807) is 25.1 Å². The van der Waals surface area contributed by atoms with E-state index in [1.165, 1.54) is 31.4 Å². The highest BCUT2D eigenvalue weighted by Crippen LogP contribution is 2.28. The third-order valence-corrected chi connectivity index (χ3v) is 4.54. The summed E-state index contributed by atoms with van der Waals surface area (Å²) < 4.78 is 27.7. The van der Waals surface area contributed by atoms with Crippen molar-refractivity contribution < 1.29 is 17.9 Å². The van der Waals surface area contributed by atoms with E-state index in [1.807, 2.05) is 0 Å². The Labute approximate surface area is 151 Å². The van der Waals surface area contributed by atoms with E-state index in [9.17, 15) is 13.2 Å². The van der Waals surface area contributed by atoms with Gasteiger partial charge in [-0.15, -0.1) is 0 Å². The standard InChI is InChI=1S/C16H18ClN3O4S/c1-10(19-14-9-11(17)3-8-15(14)24-2)16(21)20-12-4-6-13(7-5-12)25(18,22)23/h3-10,19H,1-2H3,(H,20,21)(H2,18,22,23). The summed E-state index contributed by atoms with van der Waals surface area (Å²) in [7, 11) is -2.25. The fourth-order valence-corrected chi connectivity index (χ4v) is 2.76. The molecular formula is C16H18ClN3O4S. The summed E-state index contributed by atoms with van der Waals surface area (Å²) in [4.78, 5) is 12.3. The summed E-state index contributed by atoms with van der Waals surface area (Å²) in [6, 6.07) is 10.0. The molecule has 9 heteroatoms. The molecule has 4 N–H and O–H groups in total. The predicted molar refractivity (Wildman–Crippen MR) is 97.5 cm³/mol. The summed E-state index contributed by atoms with van der Waals surface area (Å²) in [5.41, 5.74) is 1.03. The van der Waals surface area contributed by atoms with E-state index in [4.69, 9.17) is 21.5 Å². The van der Waals surface area contributed by atoms with Crippen molar-refractivity contribution >= 4 is 38.9 Å². The van der Waals surface area contributed by atoms with Gasteiger partial charge in [0.1, 0.15) is 11.8 Å². The minimum absolute atomic E-state index is 0.0275. The summed E-state index contributed by atoms with van der Waals surface area (Å²) in [6.45, 7) is 1.67. The third-order valence-electron chi connectivity index (χ3n) is 3.38. The number of methoxy groups -OCH3 is 1. The number of nitrogens with one attached hydrogen (secondary N) is 2. The smallest absolute Gasteiger partial charge is 0.246 e. The van der Waals surface area contributed by atoms with Gasteiger partial charge >= 0.3 is 0 Å². The first-order valence-electron chi connectivity index (χ1n) is 7.24. The minimum Gasteiger partial charge on any atom is -0.495 e. The van der Waals surface area contributed by atoms with Crippen LogP contribution in [0.25, 0.3) is 0 Å². The van der Waals surface area contributed by atoms with Crippen molar-refractivity contribution in [3.05, 3.63) is 47.5 Å². The minimum atomic E-state index is -3.77. The Kier molecular flexibility index (Phi) is 5.89. The van der Waals surface area contributed by atoms with E-state index in [0.29, 0.717) is 22.1 Å². The van der Waals surface area contributed by atoms with E-state index in [-0.39, 0.29) is 10.8 Å². The summed E-state index contributed by atoms with van der Waals surface area (Å²) in [5.74, 6) is 0.243. The fourth-order valence-electron chi connectivity index (χ4n) is 2.07. The molecule has 0 aliphatic carbocycles. The number of halogens is 1. The van der Waals surface area contributed by atoms with Gasteiger partial charge in [-0.3, -0.25) is 4.79 Å². The van der Waals surface area contributed by atoms with Gasteiger partial charge in [0.2, 0.25) is 15.9 Å². The first-order valence-corrected chi connectivity index (χ1v) is 9.17. The highest BCUT2D eigenvalue weighted by atomic mass is 35.5. The zero-order valence-corrected chi connectivity index (χ0v) is 15.2. The van der Waals surface area contributed by atoms with Crippen molar-refractivity contribution in [1.82, 2.24) is 0 Å². The van der Waals surface area contributed by atoms with Crippen molar-refractivity contribution in [2.75, 3.05) is 17.7 Å². The number of ether oxygens (including phenoxy) is 1. The van der Waals surface area contributed by atoms with Crippen LogP contribution in [-0.2, 0) is 14.8 Å². The number of hydrogen-bond donors (Lipinski definition) is 3. The number of rotatable bonds is 6. The lowest BCUT2D eigenvalue weighted by molar-refractivity contribution is -0.116. The molecule has 0 fully saturated rings. The highest BCUT2D eigenvalue weighted by Gasteiger charge is 2.16. The van der Waals surface area contributed by atoms with Gasteiger partial charge in [-0.05, 0) is 49.4 Å². The molecule has 1 atom stereocenters. The molecule has 134 valence electrons. The second-order valence-corrected chi connectivity index (χ2v) is 7.27. The van der Waals surface area contributed by atoms with Crippen LogP contribution in [0.5, 0.6) is 5.75 Å². The number of benzene rings is 2. The van der Waals surface area contributed by atoms with Gasteiger partial charge < -0.3 is 15.4 Å². The van der Waals surface area contributed by atoms with Crippen LogP contribution in [-0.4, -0.2) is 27.5 Å². The van der Waals surface area contributed by atoms with Gasteiger partial charge in [-0.25, -0.2) is 13.6 Å². The molecule has 0 aromatic heterocycles. The predicted octanol–water partition coefficient (Wildman–Crippen LogP) is 2.44. The molecule has 0 aliphatic heterocycles. The number of amides is 1. The molecule has 2 aromatic carbocycles. The van der Waals surface area contributed by atoms with Gasteiger partial charge in [0.15, 0.2) is 0 Å². The molecule has 0 spiro atoms.